The summed E-state index contributed by atoms with van der Waals surface area (Å²) >= 11 is 0. The summed E-state index contributed by atoms with van der Waals surface area (Å²) in [4.78, 5) is 0. The molecule has 0 bridgehead atoms. The molecular formula is C9H11FN4. The van der Waals surface area contributed by atoms with Crippen LogP contribution in [0.5, 0.6) is 0 Å². The summed E-state index contributed by atoms with van der Waals surface area (Å²) in [6.07, 6.45) is 1.16. The van der Waals surface area contributed by atoms with Gasteiger partial charge in [0.1, 0.15) is 5.82 Å². The number of aromatic nitrogens is 4. The van der Waals surface area contributed by atoms with E-state index in [9.17, 15) is 4.39 Å². The predicted molar refractivity (Wildman–Crippen MR) is 49.4 cm³/mol. The molecule has 2 aromatic rings. The van der Waals surface area contributed by atoms with Crippen molar-refractivity contribution >= 4 is 5.65 Å². The summed E-state index contributed by atoms with van der Waals surface area (Å²) in [7, 11) is 0. The van der Waals surface area contributed by atoms with Crippen molar-refractivity contribution in [2.45, 2.75) is 26.2 Å². The average molecular weight is 194 g/mol. The summed E-state index contributed by atoms with van der Waals surface area (Å²) in [5.74, 6) is 0.331. The zero-order valence-corrected chi connectivity index (χ0v) is 8.32. The second-order valence-electron chi connectivity index (χ2n) is 4.22. The summed E-state index contributed by atoms with van der Waals surface area (Å²) in [6, 6.07) is 1.31. The molecule has 14 heavy (non-hydrogen) atoms. The van der Waals surface area contributed by atoms with Gasteiger partial charge in [-0.1, -0.05) is 20.8 Å². The Morgan fingerprint density at radius 3 is 2.64 bits per heavy atom. The molecule has 0 aromatic carbocycles. The van der Waals surface area contributed by atoms with Crippen molar-refractivity contribution in [2.75, 3.05) is 0 Å². The topological polar surface area (TPSA) is 43.1 Å². The molecule has 0 amide bonds. The smallest absolute Gasteiger partial charge is 0.180 e. The molecule has 0 N–H and O–H groups in total. The molecule has 4 nitrogen and oxygen atoms in total. The zero-order valence-electron chi connectivity index (χ0n) is 8.32. The van der Waals surface area contributed by atoms with Gasteiger partial charge in [0.15, 0.2) is 11.5 Å². The van der Waals surface area contributed by atoms with Crippen LogP contribution in [0.1, 0.15) is 26.6 Å². The number of hydrogen-bond acceptors (Lipinski definition) is 3. The van der Waals surface area contributed by atoms with E-state index in [4.69, 9.17) is 0 Å². The van der Waals surface area contributed by atoms with Crippen molar-refractivity contribution in [3.05, 3.63) is 23.9 Å². The van der Waals surface area contributed by atoms with Gasteiger partial charge in [0.25, 0.3) is 0 Å². The molecule has 2 rings (SSSR count). The minimum absolute atomic E-state index is 0.149. The molecule has 2 heterocycles. The minimum Gasteiger partial charge on any atom is -0.205 e. The number of fused-ring (bicyclic) bond motifs is 1. The van der Waals surface area contributed by atoms with Crippen LogP contribution < -0.4 is 0 Å². The van der Waals surface area contributed by atoms with Gasteiger partial charge in [-0.3, -0.25) is 0 Å². The van der Waals surface area contributed by atoms with Gasteiger partial charge in [0, 0.05) is 11.5 Å². The quantitative estimate of drug-likeness (QED) is 0.639. The van der Waals surface area contributed by atoms with Crippen LogP contribution in [0.3, 0.4) is 0 Å². The highest BCUT2D eigenvalue weighted by molar-refractivity contribution is 5.36. The van der Waals surface area contributed by atoms with Gasteiger partial charge in [0.2, 0.25) is 0 Å². The molecule has 74 valence electrons. The zero-order chi connectivity index (χ0) is 10.3. The van der Waals surface area contributed by atoms with Crippen molar-refractivity contribution < 1.29 is 4.39 Å². The lowest BCUT2D eigenvalue weighted by molar-refractivity contribution is 0.523. The Balaban J connectivity index is 2.70. The Labute approximate surface area is 80.8 Å². The lowest BCUT2D eigenvalue weighted by Gasteiger charge is -2.14. The highest BCUT2D eigenvalue weighted by Gasteiger charge is 2.21. The van der Waals surface area contributed by atoms with Crippen molar-refractivity contribution in [3.63, 3.8) is 0 Å². The van der Waals surface area contributed by atoms with E-state index in [2.05, 4.69) is 15.3 Å². The number of nitrogens with zero attached hydrogens (tertiary/aromatic N) is 4. The van der Waals surface area contributed by atoms with Crippen LogP contribution in [0.25, 0.3) is 5.65 Å². The Kier molecular flexibility index (Phi) is 1.77. The molecule has 0 aliphatic heterocycles. The number of hydrogen-bond donors (Lipinski definition) is 0. The van der Waals surface area contributed by atoms with Gasteiger partial charge >= 0.3 is 0 Å². The number of halogens is 1. The second kappa shape index (κ2) is 2.73. The third-order valence-corrected chi connectivity index (χ3v) is 1.90. The maximum atomic E-state index is 12.8. The van der Waals surface area contributed by atoms with E-state index in [-0.39, 0.29) is 5.41 Å². The monoisotopic (exact) mass is 194 g/mol. The van der Waals surface area contributed by atoms with Crippen molar-refractivity contribution in [1.82, 2.24) is 19.8 Å². The van der Waals surface area contributed by atoms with Crippen molar-refractivity contribution in [2.24, 2.45) is 0 Å². The fourth-order valence-electron chi connectivity index (χ4n) is 1.24. The maximum absolute atomic E-state index is 12.8. The molecule has 5 heteroatoms. The molecule has 0 aliphatic carbocycles. The Bertz CT molecular complexity index is 469. The summed E-state index contributed by atoms with van der Waals surface area (Å²) in [5.41, 5.74) is 0.291. The highest BCUT2D eigenvalue weighted by Crippen LogP contribution is 2.19. The summed E-state index contributed by atoms with van der Waals surface area (Å²) < 4.78 is 14.4. The number of rotatable bonds is 0. The Morgan fingerprint density at radius 2 is 2.00 bits per heavy atom. The minimum atomic E-state index is -0.398. The van der Waals surface area contributed by atoms with Crippen LogP contribution in [0.2, 0.25) is 0 Å². The molecule has 0 spiro atoms. The van der Waals surface area contributed by atoms with Crippen LogP contribution in [-0.4, -0.2) is 19.8 Å². The molecule has 0 unspecified atom stereocenters. The fourth-order valence-corrected chi connectivity index (χ4v) is 1.24. The van der Waals surface area contributed by atoms with Crippen LogP contribution >= 0.6 is 0 Å². The van der Waals surface area contributed by atoms with Crippen molar-refractivity contribution in [3.8, 4) is 0 Å². The molecule has 0 aliphatic rings. The van der Waals surface area contributed by atoms with Crippen LogP contribution in [0.4, 0.5) is 4.39 Å². The Morgan fingerprint density at radius 1 is 1.29 bits per heavy atom. The molecular weight excluding hydrogens is 183 g/mol. The van der Waals surface area contributed by atoms with Gasteiger partial charge in [-0.25, -0.2) is 4.39 Å². The van der Waals surface area contributed by atoms with E-state index in [0.29, 0.717) is 5.65 Å². The highest BCUT2D eigenvalue weighted by atomic mass is 19.1. The first-order chi connectivity index (χ1) is 6.48. The van der Waals surface area contributed by atoms with Crippen LogP contribution in [0, 0.1) is 5.82 Å². The van der Waals surface area contributed by atoms with Crippen molar-refractivity contribution in [1.29, 1.82) is 0 Å². The first-order valence-electron chi connectivity index (χ1n) is 4.36. The lowest BCUT2D eigenvalue weighted by atomic mass is 9.96. The van der Waals surface area contributed by atoms with Crippen LogP contribution in [0.15, 0.2) is 12.3 Å². The Hall–Kier alpha value is -1.52. The molecule has 2 aromatic heterocycles. The molecule has 0 radical (unpaired) electrons. The van der Waals surface area contributed by atoms with E-state index in [1.54, 1.807) is 4.52 Å². The fraction of sp³-hybridized carbons (Fsp3) is 0.444. The molecule has 0 atom stereocenters. The average Bonchev–Trinajstić information content (AvgIpc) is 2.45. The van der Waals surface area contributed by atoms with Gasteiger partial charge in [-0.05, 0) is 0 Å². The molecule has 0 fully saturated rings. The van der Waals surface area contributed by atoms with Gasteiger partial charge in [-0.2, -0.15) is 9.61 Å². The third kappa shape index (κ3) is 1.34. The first kappa shape index (κ1) is 9.05. The van der Waals surface area contributed by atoms with Crippen LogP contribution in [-0.2, 0) is 5.41 Å². The summed E-state index contributed by atoms with van der Waals surface area (Å²) in [5, 5.41) is 11.8. The largest absolute Gasteiger partial charge is 0.205 e. The standard InChI is InChI=1S/C9H11FN4/c1-9(2,3)8-13-12-7-4-6(10)5-11-14(7)8/h4-5H,1-3H3. The van der Waals surface area contributed by atoms with E-state index in [0.717, 1.165) is 12.0 Å². The van der Waals surface area contributed by atoms with Gasteiger partial charge in [-0.15, -0.1) is 10.2 Å². The van der Waals surface area contributed by atoms with Gasteiger partial charge in [0.05, 0.1) is 6.20 Å². The second-order valence-corrected chi connectivity index (χ2v) is 4.22. The van der Waals surface area contributed by atoms with E-state index in [1.165, 1.54) is 6.07 Å². The SMILES string of the molecule is CC(C)(C)c1nnc2cc(F)cnn12. The van der Waals surface area contributed by atoms with Gasteiger partial charge < -0.3 is 0 Å². The predicted octanol–water partition coefficient (Wildman–Crippen LogP) is 1.56. The summed E-state index contributed by atoms with van der Waals surface area (Å²) in [6.45, 7) is 6.03. The normalized spacial score (nSPS) is 12.3. The maximum Gasteiger partial charge on any atom is 0.180 e. The molecule has 0 saturated carbocycles. The van der Waals surface area contributed by atoms with E-state index < -0.39 is 5.82 Å². The first-order valence-corrected chi connectivity index (χ1v) is 4.36. The molecule has 0 saturated heterocycles. The van der Waals surface area contributed by atoms with E-state index >= 15 is 0 Å². The lowest BCUT2D eigenvalue weighted by Crippen LogP contribution is -2.17. The third-order valence-electron chi connectivity index (χ3n) is 1.90. The van der Waals surface area contributed by atoms with E-state index in [1.807, 2.05) is 20.8 Å².